The van der Waals surface area contributed by atoms with E-state index in [1.807, 2.05) is 42.7 Å². The second-order valence-corrected chi connectivity index (χ2v) is 23.4. The molecular formula is C80H76N12. The number of para-hydroxylation sites is 10. The summed E-state index contributed by atoms with van der Waals surface area (Å²) in [6.45, 7) is 17.5. The van der Waals surface area contributed by atoms with Crippen LogP contribution in [-0.4, -0.2) is 44.6 Å². The van der Waals surface area contributed by atoms with Crippen molar-refractivity contribution >= 4 is 91.5 Å². The zero-order chi connectivity index (χ0) is 63.2. The molecule has 4 aliphatic heterocycles. The third-order valence-electron chi connectivity index (χ3n) is 17.7. The van der Waals surface area contributed by atoms with E-state index in [-0.39, 0.29) is 24.7 Å². The van der Waals surface area contributed by atoms with Crippen molar-refractivity contribution in [3.8, 4) is 0 Å². The molecule has 4 unspecified atom stereocenters. The predicted octanol–water partition coefficient (Wildman–Crippen LogP) is 20.1. The smallest absolute Gasteiger partial charge is 0.178 e. The fourth-order valence-electron chi connectivity index (χ4n) is 13.4. The lowest BCUT2D eigenvalue weighted by Gasteiger charge is -2.31. The number of hydrogen-bond donors (Lipinski definition) is 0. The second-order valence-electron chi connectivity index (χ2n) is 23.4. The Kier molecular flexibility index (Phi) is 17.2. The van der Waals surface area contributed by atoms with E-state index in [0.29, 0.717) is 0 Å². The minimum absolute atomic E-state index is 0.107. The quantitative estimate of drug-likeness (QED) is 0.145. The Balaban J connectivity index is 0.000000112. The molecule has 4 atom stereocenters. The Hall–Kier alpha value is -11.2. The van der Waals surface area contributed by atoms with Gasteiger partial charge in [-0.2, -0.15) is 0 Å². The van der Waals surface area contributed by atoms with Gasteiger partial charge in [-0.1, -0.05) is 158 Å². The molecule has 9 aromatic carbocycles. The van der Waals surface area contributed by atoms with E-state index < -0.39 is 0 Å². The van der Waals surface area contributed by atoms with E-state index in [1.54, 1.807) is 12.4 Å². The number of anilines is 16. The maximum atomic E-state index is 4.67. The van der Waals surface area contributed by atoms with Crippen LogP contribution in [0.3, 0.4) is 0 Å². The molecule has 7 heterocycles. The molecule has 0 N–H and O–H groups in total. The van der Waals surface area contributed by atoms with E-state index in [0.717, 1.165) is 46.0 Å². The number of aromatic nitrogens is 4. The molecular weight excluding hydrogens is 1130 g/mol. The molecule has 12 aromatic rings. The molecule has 0 amide bonds. The first-order valence-electron chi connectivity index (χ1n) is 31.7. The van der Waals surface area contributed by atoms with Gasteiger partial charge in [-0.25, -0.2) is 19.9 Å². The SMILES string of the molecule is Cc1ccccc1N1c2ccccc2N(c2ccccc2)C1C.Cc1ccccc1N1c2cccnc2N(c2ccccc2)C1C.Cc1ccccc1N1c2ncccc2N(c2ccccc2)C1C.Cc1ccccc1N1c2nccnc2N(c2ccccc2)C1C. The molecule has 12 heteroatoms. The highest BCUT2D eigenvalue weighted by Crippen LogP contribution is 2.51. The zero-order valence-electron chi connectivity index (χ0n) is 53.4. The van der Waals surface area contributed by atoms with E-state index in [4.69, 9.17) is 0 Å². The van der Waals surface area contributed by atoms with E-state index >= 15 is 0 Å². The van der Waals surface area contributed by atoms with Gasteiger partial charge >= 0.3 is 0 Å². The first-order valence-corrected chi connectivity index (χ1v) is 31.7. The molecule has 0 saturated heterocycles. The molecule has 0 aliphatic carbocycles. The number of pyridine rings is 2. The van der Waals surface area contributed by atoms with Gasteiger partial charge in [0.05, 0.1) is 22.7 Å². The summed E-state index contributed by atoms with van der Waals surface area (Å²) in [4.78, 5) is 37.2. The number of nitrogens with zero attached hydrogens (tertiary/aromatic N) is 12. The van der Waals surface area contributed by atoms with Crippen molar-refractivity contribution in [2.45, 2.75) is 80.1 Å². The number of fused-ring (bicyclic) bond motifs is 4. The summed E-state index contributed by atoms with van der Waals surface area (Å²) in [6, 6.07) is 92.8. The minimum atomic E-state index is 0.107. The summed E-state index contributed by atoms with van der Waals surface area (Å²) >= 11 is 0. The van der Waals surface area contributed by atoms with Gasteiger partial charge in [-0.3, -0.25) is 0 Å². The summed E-state index contributed by atoms with van der Waals surface area (Å²) in [5, 5.41) is 0. The summed E-state index contributed by atoms with van der Waals surface area (Å²) in [6.07, 6.45) is 7.92. The standard InChI is InChI=1S/C21H20N2.2C20H19N3.C19H18N4/c1-16-10-6-7-13-19(16)23-17(2)22(18-11-4-3-5-12-18)20-14-8-9-15-21(20)23;1-15-9-6-7-12-18(15)23-16(2)22(17-10-4-3-5-11-17)20-19(23)13-8-14-21-20;1-15-9-6-7-12-18(15)23-16(2)22(17-10-4-3-5-11-17)19-13-8-14-21-20(19)23;1-14-8-6-7-11-17(14)23-15(2)22(16-9-4-3-5-10-16)18-19(23)21-13-12-20-18/h3-15,17H,1-2H3;2*3-14,16H,1-2H3;3-13,15H,1-2H3. The van der Waals surface area contributed by atoms with Crippen molar-refractivity contribution in [2.75, 3.05) is 39.2 Å². The Labute approximate surface area is 541 Å². The molecule has 0 bridgehead atoms. The lowest BCUT2D eigenvalue weighted by molar-refractivity contribution is 0.752. The zero-order valence-corrected chi connectivity index (χ0v) is 53.4. The molecule has 3 aromatic heterocycles. The van der Waals surface area contributed by atoms with Gasteiger partial charge in [0.15, 0.2) is 23.3 Å². The number of rotatable bonds is 8. The molecule has 0 spiro atoms. The molecule has 92 heavy (non-hydrogen) atoms. The normalized spacial score (nSPS) is 16.5. The van der Waals surface area contributed by atoms with Gasteiger partial charge in [-0.15, -0.1) is 0 Å². The van der Waals surface area contributed by atoms with Crippen molar-refractivity contribution in [3.63, 3.8) is 0 Å². The van der Waals surface area contributed by atoms with Crippen LogP contribution < -0.4 is 39.2 Å². The van der Waals surface area contributed by atoms with Crippen LogP contribution in [0.1, 0.15) is 49.9 Å². The van der Waals surface area contributed by atoms with Crippen molar-refractivity contribution in [2.24, 2.45) is 0 Å². The van der Waals surface area contributed by atoms with E-state index in [9.17, 15) is 0 Å². The van der Waals surface area contributed by atoms with E-state index in [1.165, 1.54) is 67.8 Å². The third-order valence-corrected chi connectivity index (χ3v) is 17.7. The Morgan fingerprint density at radius 3 is 0.837 bits per heavy atom. The first kappa shape index (κ1) is 59.7. The van der Waals surface area contributed by atoms with Gasteiger partial charge in [0.2, 0.25) is 0 Å². The van der Waals surface area contributed by atoms with Crippen LogP contribution in [0.4, 0.5) is 91.5 Å². The maximum Gasteiger partial charge on any atom is 0.178 e. The maximum absolute atomic E-state index is 4.67. The fraction of sp³-hybridized carbons (Fsp3) is 0.150. The number of hydrogen-bond acceptors (Lipinski definition) is 12. The Bertz CT molecular complexity index is 3890. The summed E-state index contributed by atoms with van der Waals surface area (Å²) in [7, 11) is 0. The van der Waals surface area contributed by atoms with Crippen molar-refractivity contribution in [1.82, 2.24) is 19.9 Å². The average Bonchev–Trinajstić information content (AvgIpc) is 1.67. The monoisotopic (exact) mass is 1200 g/mol. The van der Waals surface area contributed by atoms with Crippen LogP contribution in [0.2, 0.25) is 0 Å². The highest BCUT2D eigenvalue weighted by Gasteiger charge is 2.40. The predicted molar refractivity (Wildman–Crippen MR) is 382 cm³/mol. The van der Waals surface area contributed by atoms with Crippen molar-refractivity contribution < 1.29 is 0 Å². The van der Waals surface area contributed by atoms with Gasteiger partial charge in [0.1, 0.15) is 24.7 Å². The molecule has 456 valence electrons. The molecule has 0 saturated carbocycles. The van der Waals surface area contributed by atoms with Crippen molar-refractivity contribution in [1.29, 1.82) is 0 Å². The lowest BCUT2D eigenvalue weighted by Crippen LogP contribution is -2.35. The van der Waals surface area contributed by atoms with Crippen LogP contribution in [0.15, 0.2) is 292 Å². The largest absolute Gasteiger partial charge is 0.319 e. The molecule has 0 fully saturated rings. The number of aryl methyl sites for hydroxylation is 4. The topological polar surface area (TPSA) is 77.5 Å². The van der Waals surface area contributed by atoms with Crippen LogP contribution in [-0.2, 0) is 0 Å². The Morgan fingerprint density at radius 1 is 0.196 bits per heavy atom. The lowest BCUT2D eigenvalue weighted by atomic mass is 10.1. The summed E-state index contributed by atoms with van der Waals surface area (Å²) in [5.41, 5.74) is 19.4. The van der Waals surface area contributed by atoms with Gasteiger partial charge in [0.25, 0.3) is 0 Å². The van der Waals surface area contributed by atoms with Crippen LogP contribution in [0.25, 0.3) is 0 Å². The molecule has 0 radical (unpaired) electrons. The van der Waals surface area contributed by atoms with Crippen LogP contribution >= 0.6 is 0 Å². The van der Waals surface area contributed by atoms with Gasteiger partial charge in [0, 0.05) is 70.3 Å². The third kappa shape index (κ3) is 11.4. The minimum Gasteiger partial charge on any atom is -0.319 e. The Morgan fingerprint density at radius 2 is 0.424 bits per heavy atom. The molecule has 4 aliphatic rings. The second kappa shape index (κ2) is 26.5. The fourth-order valence-corrected chi connectivity index (χ4v) is 13.4. The van der Waals surface area contributed by atoms with Crippen LogP contribution in [0, 0.1) is 27.7 Å². The van der Waals surface area contributed by atoms with E-state index in [2.05, 4.69) is 351 Å². The first-order chi connectivity index (χ1) is 45.1. The molecule has 12 nitrogen and oxygen atoms in total. The highest BCUT2D eigenvalue weighted by atomic mass is 15.5. The van der Waals surface area contributed by atoms with Gasteiger partial charge < -0.3 is 39.2 Å². The molecule has 16 rings (SSSR count). The summed E-state index contributed by atoms with van der Waals surface area (Å²) < 4.78 is 0. The number of benzene rings is 9. The summed E-state index contributed by atoms with van der Waals surface area (Å²) in [5.74, 6) is 3.82. The van der Waals surface area contributed by atoms with Crippen LogP contribution in [0.5, 0.6) is 0 Å². The average molecular weight is 1210 g/mol. The van der Waals surface area contributed by atoms with Crippen molar-refractivity contribution in [3.05, 3.63) is 314 Å². The highest BCUT2D eigenvalue weighted by molar-refractivity contribution is 5.90. The van der Waals surface area contributed by atoms with Gasteiger partial charge in [-0.05, 0) is 187 Å².